The van der Waals surface area contributed by atoms with Crippen molar-refractivity contribution in [3.05, 3.63) is 47.4 Å². The Labute approximate surface area is 179 Å². The van der Waals surface area contributed by atoms with E-state index in [1.54, 1.807) is 19.3 Å². The average molecular weight is 434 g/mol. The quantitative estimate of drug-likeness (QED) is 0.426. The Balaban J connectivity index is 1.60. The number of fused-ring (bicyclic) bond motifs is 3. The summed E-state index contributed by atoms with van der Waals surface area (Å²) in [7, 11) is -1.96. The van der Waals surface area contributed by atoms with E-state index < -0.39 is 16.0 Å². The number of carboxylic acid groups (broad SMARTS) is 1. The van der Waals surface area contributed by atoms with Crippen LogP contribution in [-0.4, -0.2) is 32.6 Å². The zero-order valence-electron chi connectivity index (χ0n) is 17.4. The van der Waals surface area contributed by atoms with Gasteiger partial charge >= 0.3 is 5.97 Å². The number of hydrogen-bond donors (Lipinski definition) is 2. The molecule has 4 unspecified atom stereocenters. The number of unbranched alkanes of at least 4 members (excludes halogenated alkanes) is 1. The van der Waals surface area contributed by atoms with Gasteiger partial charge in [0.15, 0.2) is 0 Å². The van der Waals surface area contributed by atoms with Crippen LogP contribution in [0.25, 0.3) is 6.08 Å². The van der Waals surface area contributed by atoms with Crippen molar-refractivity contribution in [1.29, 1.82) is 0 Å². The molecule has 0 aromatic heterocycles. The number of benzene rings is 1. The summed E-state index contributed by atoms with van der Waals surface area (Å²) < 4.78 is 33.4. The summed E-state index contributed by atoms with van der Waals surface area (Å²) in [6.45, 7) is 0. The Morgan fingerprint density at radius 2 is 2.13 bits per heavy atom. The van der Waals surface area contributed by atoms with Crippen LogP contribution in [0.4, 0.5) is 0 Å². The SMILES string of the molecule is COc1cccc(/C=C/S(=O)(=O)NC2CC3CCC2C(/C=C/CCCC(=O)O)C3)c1. The first kappa shape index (κ1) is 22.6. The maximum Gasteiger partial charge on any atom is 0.303 e. The van der Waals surface area contributed by atoms with E-state index in [9.17, 15) is 13.2 Å². The third-order valence-electron chi connectivity index (χ3n) is 6.16. The molecule has 3 saturated carbocycles. The van der Waals surface area contributed by atoms with Crippen LogP contribution in [0.15, 0.2) is 41.8 Å². The number of methoxy groups -OCH3 is 1. The number of carbonyl (C=O) groups is 1. The number of carboxylic acids is 1. The van der Waals surface area contributed by atoms with Gasteiger partial charge in [-0.1, -0.05) is 30.7 Å². The van der Waals surface area contributed by atoms with Crippen LogP contribution in [0.1, 0.15) is 50.5 Å². The highest BCUT2D eigenvalue weighted by Crippen LogP contribution is 2.46. The molecule has 2 N–H and O–H groups in total. The molecule has 0 radical (unpaired) electrons. The van der Waals surface area contributed by atoms with Crippen LogP contribution >= 0.6 is 0 Å². The number of nitrogens with one attached hydrogen (secondary N) is 1. The van der Waals surface area contributed by atoms with E-state index in [2.05, 4.69) is 16.9 Å². The van der Waals surface area contributed by atoms with Crippen LogP contribution in [0.3, 0.4) is 0 Å². The average Bonchev–Trinajstić information content (AvgIpc) is 2.72. The molecule has 164 valence electrons. The molecule has 0 aliphatic heterocycles. The molecule has 0 amide bonds. The topological polar surface area (TPSA) is 92.7 Å². The van der Waals surface area contributed by atoms with Gasteiger partial charge in [0.2, 0.25) is 10.0 Å². The number of hydrogen-bond acceptors (Lipinski definition) is 4. The predicted octanol–water partition coefficient (Wildman–Crippen LogP) is 4.20. The lowest BCUT2D eigenvalue weighted by molar-refractivity contribution is -0.137. The van der Waals surface area contributed by atoms with Crippen LogP contribution in [0.2, 0.25) is 0 Å². The minimum absolute atomic E-state index is 0.0499. The van der Waals surface area contributed by atoms with Gasteiger partial charge in [-0.25, -0.2) is 13.1 Å². The normalized spacial score (nSPS) is 26.4. The maximum absolute atomic E-state index is 12.7. The van der Waals surface area contributed by atoms with Gasteiger partial charge in [0.1, 0.15) is 5.75 Å². The third kappa shape index (κ3) is 6.44. The lowest BCUT2D eigenvalue weighted by atomic mass is 9.62. The van der Waals surface area contributed by atoms with Crippen molar-refractivity contribution in [2.24, 2.45) is 17.8 Å². The maximum atomic E-state index is 12.7. The van der Waals surface area contributed by atoms with Crippen LogP contribution in [0.5, 0.6) is 5.75 Å². The van der Waals surface area contributed by atoms with Crippen LogP contribution in [-0.2, 0) is 14.8 Å². The fourth-order valence-corrected chi connectivity index (χ4v) is 5.84. The van der Waals surface area contributed by atoms with E-state index >= 15 is 0 Å². The number of ether oxygens (including phenoxy) is 1. The van der Waals surface area contributed by atoms with Gasteiger partial charge in [-0.2, -0.15) is 0 Å². The molecule has 7 heteroatoms. The Bertz CT molecular complexity index is 893. The number of allylic oxidation sites excluding steroid dienone is 2. The molecule has 0 heterocycles. The summed E-state index contributed by atoms with van der Waals surface area (Å²) >= 11 is 0. The van der Waals surface area contributed by atoms with Crippen molar-refractivity contribution >= 4 is 22.1 Å². The van der Waals surface area contributed by atoms with Gasteiger partial charge in [-0.15, -0.1) is 0 Å². The number of aliphatic carboxylic acids is 1. The molecule has 4 rings (SSSR count). The zero-order valence-corrected chi connectivity index (χ0v) is 18.2. The van der Waals surface area contributed by atoms with E-state index in [0.29, 0.717) is 29.9 Å². The van der Waals surface area contributed by atoms with E-state index in [0.717, 1.165) is 37.7 Å². The Morgan fingerprint density at radius 1 is 1.30 bits per heavy atom. The molecule has 6 nitrogen and oxygen atoms in total. The van der Waals surface area contributed by atoms with Crippen molar-refractivity contribution in [2.45, 2.75) is 51.0 Å². The summed E-state index contributed by atoms with van der Waals surface area (Å²) in [4.78, 5) is 10.6. The summed E-state index contributed by atoms with van der Waals surface area (Å²) in [5, 5.41) is 9.97. The van der Waals surface area contributed by atoms with Gasteiger partial charge in [-0.3, -0.25) is 4.79 Å². The molecule has 4 atom stereocenters. The first-order chi connectivity index (χ1) is 14.4. The smallest absolute Gasteiger partial charge is 0.303 e. The minimum Gasteiger partial charge on any atom is -0.497 e. The molecule has 0 saturated heterocycles. The molecular formula is C23H31NO5S. The summed E-state index contributed by atoms with van der Waals surface area (Å²) in [6, 6.07) is 7.22. The second-order valence-corrected chi connectivity index (χ2v) is 9.90. The van der Waals surface area contributed by atoms with Crippen LogP contribution in [0, 0.1) is 17.8 Å². The van der Waals surface area contributed by atoms with Gasteiger partial charge in [0.05, 0.1) is 7.11 Å². The molecule has 3 fully saturated rings. The zero-order chi connectivity index (χ0) is 21.6. The number of sulfonamides is 1. The highest BCUT2D eigenvalue weighted by atomic mass is 32.2. The van der Waals surface area contributed by atoms with Crippen molar-refractivity contribution in [1.82, 2.24) is 4.72 Å². The van der Waals surface area contributed by atoms with E-state index in [-0.39, 0.29) is 12.5 Å². The van der Waals surface area contributed by atoms with Crippen LogP contribution < -0.4 is 9.46 Å². The fourth-order valence-electron chi connectivity index (χ4n) is 4.73. The molecule has 30 heavy (non-hydrogen) atoms. The highest BCUT2D eigenvalue weighted by Gasteiger charge is 2.42. The fraction of sp³-hybridized carbons (Fsp3) is 0.522. The first-order valence-corrected chi connectivity index (χ1v) is 12.1. The van der Waals surface area contributed by atoms with Gasteiger partial charge < -0.3 is 9.84 Å². The summed E-state index contributed by atoms with van der Waals surface area (Å²) in [5.41, 5.74) is 0.770. The molecule has 0 spiro atoms. The molecule has 3 aliphatic carbocycles. The third-order valence-corrected chi connectivity index (χ3v) is 7.29. The second kappa shape index (κ2) is 10.3. The summed E-state index contributed by atoms with van der Waals surface area (Å²) in [5.74, 6) is 1.11. The monoisotopic (exact) mass is 433 g/mol. The van der Waals surface area contributed by atoms with Crippen molar-refractivity contribution in [2.75, 3.05) is 7.11 Å². The molecule has 1 aromatic rings. The van der Waals surface area contributed by atoms with Gasteiger partial charge in [0.25, 0.3) is 0 Å². The molecule has 3 aliphatic rings. The van der Waals surface area contributed by atoms with Crippen molar-refractivity contribution < 1.29 is 23.1 Å². The Morgan fingerprint density at radius 3 is 2.87 bits per heavy atom. The second-order valence-electron chi connectivity index (χ2n) is 8.31. The Kier molecular flexibility index (Phi) is 7.72. The van der Waals surface area contributed by atoms with Gasteiger partial charge in [0, 0.05) is 17.9 Å². The Hall–Kier alpha value is -2.12. The first-order valence-electron chi connectivity index (χ1n) is 10.6. The standard InChI is InChI=1S/C23H31NO5S/c1-29-20-8-5-6-17(15-20)12-13-30(27,28)24-22-16-18-10-11-21(22)19(14-18)7-3-2-4-9-23(25)26/h3,5-8,12-13,15,18-19,21-22,24H,2,4,9-11,14,16H2,1H3,(H,25,26)/b7-3+,13-12+. The summed E-state index contributed by atoms with van der Waals surface area (Å²) in [6.07, 6.45) is 11.6. The highest BCUT2D eigenvalue weighted by molar-refractivity contribution is 7.92. The lowest BCUT2D eigenvalue weighted by Gasteiger charge is -2.46. The lowest BCUT2D eigenvalue weighted by Crippen LogP contribution is -2.49. The van der Waals surface area contributed by atoms with E-state index in [4.69, 9.17) is 9.84 Å². The van der Waals surface area contributed by atoms with E-state index in [1.807, 2.05) is 18.2 Å². The molecular weight excluding hydrogens is 402 g/mol. The predicted molar refractivity (Wildman–Crippen MR) is 117 cm³/mol. The molecule has 1 aromatic carbocycles. The van der Waals surface area contributed by atoms with Crippen molar-refractivity contribution in [3.8, 4) is 5.75 Å². The van der Waals surface area contributed by atoms with Crippen molar-refractivity contribution in [3.63, 3.8) is 0 Å². The largest absolute Gasteiger partial charge is 0.497 e. The van der Waals surface area contributed by atoms with Gasteiger partial charge in [-0.05, 0) is 73.6 Å². The molecule has 2 bridgehead atoms. The minimum atomic E-state index is -3.54. The number of rotatable bonds is 10. The van der Waals surface area contributed by atoms with E-state index in [1.165, 1.54) is 5.41 Å².